The third kappa shape index (κ3) is 2.97. The second kappa shape index (κ2) is 5.67. The lowest BCUT2D eigenvalue weighted by Crippen LogP contribution is -2.50. The van der Waals surface area contributed by atoms with Crippen LogP contribution in [0, 0.1) is 5.92 Å². The van der Waals surface area contributed by atoms with Crippen molar-refractivity contribution >= 4 is 5.91 Å². The largest absolute Gasteiger partial charge is 0.352 e. The van der Waals surface area contributed by atoms with Gasteiger partial charge in [-0.25, -0.2) is 0 Å². The molecule has 0 bridgehead atoms. The number of hydrogen-bond acceptors (Lipinski definition) is 2. The molecule has 2 N–H and O–H groups in total. The molecule has 3 heteroatoms. The Kier molecular flexibility index (Phi) is 4.22. The third-order valence-corrected chi connectivity index (χ3v) is 4.10. The van der Waals surface area contributed by atoms with E-state index in [1.807, 2.05) is 0 Å². The average Bonchev–Trinajstić information content (AvgIpc) is 2.83. The van der Waals surface area contributed by atoms with Crippen LogP contribution in [0.25, 0.3) is 0 Å². The zero-order valence-corrected chi connectivity index (χ0v) is 10.3. The Labute approximate surface area is 98.4 Å². The average molecular weight is 224 g/mol. The van der Waals surface area contributed by atoms with Gasteiger partial charge in [-0.05, 0) is 45.1 Å². The first-order valence-corrected chi connectivity index (χ1v) is 6.81. The van der Waals surface area contributed by atoms with Crippen LogP contribution in [0.1, 0.15) is 51.9 Å². The molecule has 0 aromatic heterocycles. The standard InChI is InChI=1S/C13H24N2O/c1-10(11-6-2-3-7-11)15-13(16)12-8-4-5-9-14-12/h10-12,14H,2-9H2,1H3,(H,15,16)/t10?,12-/m1/s1. The Balaban J connectivity index is 1.76. The minimum Gasteiger partial charge on any atom is -0.352 e. The van der Waals surface area contributed by atoms with Crippen molar-refractivity contribution in [3.8, 4) is 0 Å². The van der Waals surface area contributed by atoms with Crippen LogP contribution in [-0.2, 0) is 4.79 Å². The van der Waals surface area contributed by atoms with Crippen molar-refractivity contribution < 1.29 is 4.79 Å². The lowest BCUT2D eigenvalue weighted by Gasteiger charge is -2.26. The fraction of sp³-hybridized carbons (Fsp3) is 0.923. The Hall–Kier alpha value is -0.570. The van der Waals surface area contributed by atoms with E-state index in [9.17, 15) is 4.79 Å². The first kappa shape index (κ1) is 11.9. The Bertz CT molecular complexity index is 230. The van der Waals surface area contributed by atoms with Crippen LogP contribution in [0.4, 0.5) is 0 Å². The first-order chi connectivity index (χ1) is 7.77. The zero-order chi connectivity index (χ0) is 11.4. The van der Waals surface area contributed by atoms with E-state index in [1.54, 1.807) is 0 Å². The molecule has 92 valence electrons. The Morgan fingerprint density at radius 1 is 1.19 bits per heavy atom. The first-order valence-electron chi connectivity index (χ1n) is 6.81. The predicted octanol–water partition coefficient (Wildman–Crippen LogP) is 1.82. The van der Waals surface area contributed by atoms with Crippen LogP contribution >= 0.6 is 0 Å². The summed E-state index contributed by atoms with van der Waals surface area (Å²) < 4.78 is 0. The van der Waals surface area contributed by atoms with E-state index in [1.165, 1.54) is 38.5 Å². The number of amides is 1. The number of carbonyl (C=O) groups excluding carboxylic acids is 1. The maximum atomic E-state index is 12.0. The zero-order valence-electron chi connectivity index (χ0n) is 10.3. The number of piperidine rings is 1. The molecule has 2 atom stereocenters. The number of nitrogens with one attached hydrogen (secondary N) is 2. The van der Waals surface area contributed by atoms with Gasteiger partial charge in [0.2, 0.25) is 5.91 Å². The molecule has 1 unspecified atom stereocenters. The summed E-state index contributed by atoms with van der Waals surface area (Å²) in [5.74, 6) is 0.937. The summed E-state index contributed by atoms with van der Waals surface area (Å²) in [5, 5.41) is 6.49. The van der Waals surface area contributed by atoms with Gasteiger partial charge in [0, 0.05) is 6.04 Å². The monoisotopic (exact) mass is 224 g/mol. The SMILES string of the molecule is CC(NC(=O)[C@H]1CCCCN1)C1CCCC1. The molecule has 1 aliphatic heterocycles. The molecule has 0 radical (unpaired) electrons. The minimum atomic E-state index is 0.0672. The van der Waals surface area contributed by atoms with Crippen LogP contribution in [0.3, 0.4) is 0 Å². The van der Waals surface area contributed by atoms with Crippen LogP contribution in [0.15, 0.2) is 0 Å². The van der Waals surface area contributed by atoms with E-state index in [2.05, 4.69) is 17.6 Å². The van der Waals surface area contributed by atoms with Crippen LogP contribution < -0.4 is 10.6 Å². The van der Waals surface area contributed by atoms with E-state index in [-0.39, 0.29) is 11.9 Å². The fourth-order valence-electron chi connectivity index (χ4n) is 2.98. The van der Waals surface area contributed by atoms with Crippen molar-refractivity contribution in [3.63, 3.8) is 0 Å². The quantitative estimate of drug-likeness (QED) is 0.768. The highest BCUT2D eigenvalue weighted by Gasteiger charge is 2.26. The summed E-state index contributed by atoms with van der Waals surface area (Å²) >= 11 is 0. The van der Waals surface area contributed by atoms with E-state index >= 15 is 0 Å². The van der Waals surface area contributed by atoms with Gasteiger partial charge in [-0.1, -0.05) is 19.3 Å². The van der Waals surface area contributed by atoms with E-state index in [0.717, 1.165) is 13.0 Å². The molecule has 0 spiro atoms. The lowest BCUT2D eigenvalue weighted by atomic mass is 9.98. The molecule has 0 aromatic carbocycles. The summed E-state index contributed by atoms with van der Waals surface area (Å²) in [6.45, 7) is 3.16. The molecule has 2 fully saturated rings. The predicted molar refractivity (Wildman–Crippen MR) is 65.2 cm³/mol. The molecule has 1 saturated heterocycles. The molecule has 16 heavy (non-hydrogen) atoms. The molecular weight excluding hydrogens is 200 g/mol. The summed E-state index contributed by atoms with van der Waals surface area (Å²) in [7, 11) is 0. The molecule has 3 nitrogen and oxygen atoms in total. The van der Waals surface area contributed by atoms with Crippen LogP contribution in [0.2, 0.25) is 0 Å². The minimum absolute atomic E-state index is 0.0672. The van der Waals surface area contributed by atoms with Gasteiger partial charge in [-0.2, -0.15) is 0 Å². The number of carbonyl (C=O) groups is 1. The second-order valence-corrected chi connectivity index (χ2v) is 5.34. The van der Waals surface area contributed by atoms with Crippen molar-refractivity contribution in [2.24, 2.45) is 5.92 Å². The number of rotatable bonds is 3. The molecule has 2 rings (SSSR count). The molecule has 2 aliphatic rings. The van der Waals surface area contributed by atoms with E-state index in [4.69, 9.17) is 0 Å². The van der Waals surface area contributed by atoms with E-state index in [0.29, 0.717) is 12.0 Å². The number of hydrogen-bond donors (Lipinski definition) is 2. The topological polar surface area (TPSA) is 41.1 Å². The summed E-state index contributed by atoms with van der Waals surface area (Å²) in [4.78, 5) is 12.0. The highest BCUT2D eigenvalue weighted by atomic mass is 16.2. The lowest BCUT2D eigenvalue weighted by molar-refractivity contribution is -0.124. The molecule has 1 saturated carbocycles. The Morgan fingerprint density at radius 3 is 2.50 bits per heavy atom. The molecule has 1 heterocycles. The van der Waals surface area contributed by atoms with Gasteiger partial charge >= 0.3 is 0 Å². The summed E-state index contributed by atoms with van der Waals surface area (Å²) in [6, 6.07) is 0.427. The summed E-state index contributed by atoms with van der Waals surface area (Å²) in [5.41, 5.74) is 0. The van der Waals surface area contributed by atoms with Gasteiger partial charge in [-0.3, -0.25) is 4.79 Å². The van der Waals surface area contributed by atoms with Gasteiger partial charge in [0.15, 0.2) is 0 Å². The molecule has 0 aromatic rings. The second-order valence-electron chi connectivity index (χ2n) is 5.34. The summed E-state index contributed by atoms with van der Waals surface area (Å²) in [6.07, 6.45) is 8.66. The fourth-order valence-corrected chi connectivity index (χ4v) is 2.98. The highest BCUT2D eigenvalue weighted by molar-refractivity contribution is 5.82. The molecule has 1 aliphatic carbocycles. The maximum absolute atomic E-state index is 12.0. The van der Waals surface area contributed by atoms with Gasteiger partial charge in [0.1, 0.15) is 0 Å². The van der Waals surface area contributed by atoms with E-state index < -0.39 is 0 Å². The van der Waals surface area contributed by atoms with Crippen molar-refractivity contribution in [1.82, 2.24) is 10.6 Å². The van der Waals surface area contributed by atoms with Gasteiger partial charge in [0.05, 0.1) is 6.04 Å². The van der Waals surface area contributed by atoms with Crippen LogP contribution in [0.5, 0.6) is 0 Å². The van der Waals surface area contributed by atoms with Crippen molar-refractivity contribution in [2.75, 3.05) is 6.54 Å². The Morgan fingerprint density at radius 2 is 1.88 bits per heavy atom. The smallest absolute Gasteiger partial charge is 0.237 e. The third-order valence-electron chi connectivity index (χ3n) is 4.10. The van der Waals surface area contributed by atoms with Gasteiger partial charge < -0.3 is 10.6 Å². The maximum Gasteiger partial charge on any atom is 0.237 e. The van der Waals surface area contributed by atoms with Crippen molar-refractivity contribution in [1.29, 1.82) is 0 Å². The highest BCUT2D eigenvalue weighted by Crippen LogP contribution is 2.27. The molecular formula is C13H24N2O. The molecule has 1 amide bonds. The van der Waals surface area contributed by atoms with Crippen molar-refractivity contribution in [3.05, 3.63) is 0 Å². The normalized spacial score (nSPS) is 28.9. The van der Waals surface area contributed by atoms with Gasteiger partial charge in [0.25, 0.3) is 0 Å². The van der Waals surface area contributed by atoms with Crippen molar-refractivity contribution in [2.45, 2.75) is 64.0 Å². The van der Waals surface area contributed by atoms with Gasteiger partial charge in [-0.15, -0.1) is 0 Å². The van der Waals surface area contributed by atoms with Crippen LogP contribution in [-0.4, -0.2) is 24.5 Å².